The first-order chi connectivity index (χ1) is 9.43. The molecule has 1 aliphatic heterocycles. The number of rotatable bonds is 2. The van der Waals surface area contributed by atoms with Gasteiger partial charge in [0.15, 0.2) is 0 Å². The first-order valence-corrected chi connectivity index (χ1v) is 7.13. The van der Waals surface area contributed by atoms with Gasteiger partial charge in [0.25, 0.3) is 5.91 Å². The second-order valence-electron chi connectivity index (χ2n) is 6.29. The Morgan fingerprint density at radius 3 is 2.55 bits per heavy atom. The van der Waals surface area contributed by atoms with Gasteiger partial charge in [-0.1, -0.05) is 32.9 Å². The summed E-state index contributed by atoms with van der Waals surface area (Å²) in [6, 6.07) is 7.87. The predicted octanol–water partition coefficient (Wildman–Crippen LogP) is 1.78. The van der Waals surface area contributed by atoms with Gasteiger partial charge < -0.3 is 15.4 Å². The molecule has 1 atom stereocenters. The van der Waals surface area contributed by atoms with E-state index in [0.29, 0.717) is 26.3 Å². The van der Waals surface area contributed by atoms with Crippen molar-refractivity contribution in [2.45, 2.75) is 32.2 Å². The Balaban J connectivity index is 2.16. The van der Waals surface area contributed by atoms with Crippen molar-refractivity contribution in [2.24, 2.45) is 5.73 Å². The van der Waals surface area contributed by atoms with Crippen molar-refractivity contribution in [1.29, 1.82) is 0 Å². The van der Waals surface area contributed by atoms with Gasteiger partial charge in [-0.15, -0.1) is 0 Å². The number of hydrogen-bond acceptors (Lipinski definition) is 3. The number of benzene rings is 1. The molecule has 0 aromatic heterocycles. The number of morpholine rings is 1. The summed E-state index contributed by atoms with van der Waals surface area (Å²) < 4.78 is 5.38. The van der Waals surface area contributed by atoms with Crippen LogP contribution in [0.25, 0.3) is 0 Å². The lowest BCUT2D eigenvalue weighted by atomic mass is 9.86. The summed E-state index contributed by atoms with van der Waals surface area (Å²) in [5.41, 5.74) is 7.76. The molecule has 110 valence electrons. The SMILES string of the molecule is CC(C)(C)c1ccc(C(=O)N2CCOCC2CN)cc1. The third kappa shape index (κ3) is 3.19. The van der Waals surface area contributed by atoms with Gasteiger partial charge >= 0.3 is 0 Å². The van der Waals surface area contributed by atoms with E-state index >= 15 is 0 Å². The highest BCUT2D eigenvalue weighted by Gasteiger charge is 2.27. The number of nitrogens with zero attached hydrogens (tertiary/aromatic N) is 1. The summed E-state index contributed by atoms with van der Waals surface area (Å²) in [6.45, 7) is 8.65. The van der Waals surface area contributed by atoms with Crippen LogP contribution in [-0.4, -0.2) is 43.2 Å². The first-order valence-electron chi connectivity index (χ1n) is 7.13. The van der Waals surface area contributed by atoms with Gasteiger partial charge in [-0.25, -0.2) is 0 Å². The molecule has 1 saturated heterocycles. The number of hydrogen-bond donors (Lipinski definition) is 1. The van der Waals surface area contributed by atoms with Crippen molar-refractivity contribution in [1.82, 2.24) is 4.90 Å². The molecule has 1 aromatic rings. The topological polar surface area (TPSA) is 55.6 Å². The van der Waals surface area contributed by atoms with E-state index in [1.165, 1.54) is 5.56 Å². The Morgan fingerprint density at radius 2 is 2.00 bits per heavy atom. The number of nitrogens with two attached hydrogens (primary N) is 1. The van der Waals surface area contributed by atoms with Crippen molar-refractivity contribution in [3.8, 4) is 0 Å². The second kappa shape index (κ2) is 5.94. The van der Waals surface area contributed by atoms with Crippen LogP contribution in [-0.2, 0) is 10.2 Å². The molecule has 1 aliphatic rings. The minimum absolute atomic E-state index is 0.0152. The molecule has 20 heavy (non-hydrogen) atoms. The number of amides is 1. The van der Waals surface area contributed by atoms with Gasteiger partial charge in [0.2, 0.25) is 0 Å². The minimum atomic E-state index is -0.0152. The van der Waals surface area contributed by atoms with Crippen LogP contribution in [0.2, 0.25) is 0 Å². The predicted molar refractivity (Wildman–Crippen MR) is 79.8 cm³/mol. The molecule has 1 amide bonds. The Labute approximate surface area is 120 Å². The van der Waals surface area contributed by atoms with Crippen LogP contribution in [0.3, 0.4) is 0 Å². The zero-order valence-electron chi connectivity index (χ0n) is 12.6. The van der Waals surface area contributed by atoms with E-state index in [0.717, 1.165) is 5.56 Å². The molecular weight excluding hydrogens is 252 g/mol. The molecule has 0 aliphatic carbocycles. The van der Waals surface area contributed by atoms with Gasteiger partial charge in [-0.2, -0.15) is 0 Å². The molecule has 2 N–H and O–H groups in total. The van der Waals surface area contributed by atoms with Gasteiger partial charge in [-0.3, -0.25) is 4.79 Å². The zero-order valence-corrected chi connectivity index (χ0v) is 12.6. The summed E-state index contributed by atoms with van der Waals surface area (Å²) in [5.74, 6) is 0.0456. The highest BCUT2D eigenvalue weighted by molar-refractivity contribution is 5.94. The summed E-state index contributed by atoms with van der Waals surface area (Å²) in [7, 11) is 0. The van der Waals surface area contributed by atoms with E-state index < -0.39 is 0 Å². The molecule has 1 aromatic carbocycles. The average molecular weight is 276 g/mol. The molecule has 4 heteroatoms. The molecule has 0 spiro atoms. The van der Waals surface area contributed by atoms with Gasteiger partial charge in [0, 0.05) is 18.7 Å². The molecule has 2 rings (SSSR count). The van der Waals surface area contributed by atoms with Crippen LogP contribution < -0.4 is 5.73 Å². The molecule has 1 fully saturated rings. The van der Waals surface area contributed by atoms with Crippen LogP contribution in [0, 0.1) is 0 Å². The van der Waals surface area contributed by atoms with Crippen LogP contribution in [0.4, 0.5) is 0 Å². The molecule has 4 nitrogen and oxygen atoms in total. The summed E-state index contributed by atoms with van der Waals surface area (Å²) in [4.78, 5) is 14.4. The van der Waals surface area contributed by atoms with Crippen LogP contribution >= 0.6 is 0 Å². The maximum Gasteiger partial charge on any atom is 0.254 e. The lowest BCUT2D eigenvalue weighted by molar-refractivity contribution is 0.000838. The molecule has 0 bridgehead atoms. The van der Waals surface area contributed by atoms with Crippen molar-refractivity contribution < 1.29 is 9.53 Å². The van der Waals surface area contributed by atoms with Gasteiger partial charge in [0.1, 0.15) is 0 Å². The molecule has 0 radical (unpaired) electrons. The molecule has 1 unspecified atom stereocenters. The first kappa shape index (κ1) is 15.0. The summed E-state index contributed by atoms with van der Waals surface area (Å²) in [5, 5.41) is 0. The van der Waals surface area contributed by atoms with Gasteiger partial charge in [-0.05, 0) is 23.1 Å². The number of ether oxygens (including phenoxy) is 1. The molecule has 0 saturated carbocycles. The quantitative estimate of drug-likeness (QED) is 0.896. The van der Waals surface area contributed by atoms with E-state index in [1.54, 1.807) is 0 Å². The normalized spacial score (nSPS) is 20.0. The summed E-state index contributed by atoms with van der Waals surface area (Å²) in [6.07, 6.45) is 0. The zero-order chi connectivity index (χ0) is 14.8. The maximum absolute atomic E-state index is 12.5. The van der Waals surface area contributed by atoms with E-state index in [2.05, 4.69) is 20.8 Å². The summed E-state index contributed by atoms with van der Waals surface area (Å²) >= 11 is 0. The Bertz CT molecular complexity index is 462. The maximum atomic E-state index is 12.5. The molecule has 1 heterocycles. The van der Waals surface area contributed by atoms with Crippen LogP contribution in [0.15, 0.2) is 24.3 Å². The van der Waals surface area contributed by atoms with Crippen LogP contribution in [0.1, 0.15) is 36.7 Å². The Morgan fingerprint density at radius 1 is 1.35 bits per heavy atom. The van der Waals surface area contributed by atoms with Gasteiger partial charge in [0.05, 0.1) is 19.3 Å². The number of carbonyl (C=O) groups is 1. The fourth-order valence-corrected chi connectivity index (χ4v) is 2.40. The largest absolute Gasteiger partial charge is 0.377 e. The van der Waals surface area contributed by atoms with Crippen LogP contribution in [0.5, 0.6) is 0 Å². The lowest BCUT2D eigenvalue weighted by Crippen LogP contribution is -2.52. The number of carbonyl (C=O) groups excluding carboxylic acids is 1. The lowest BCUT2D eigenvalue weighted by Gasteiger charge is -2.35. The standard InChI is InChI=1S/C16H24N2O2/c1-16(2,3)13-6-4-12(5-7-13)15(19)18-8-9-20-11-14(18)10-17/h4-7,14H,8-11,17H2,1-3H3. The third-order valence-electron chi connectivity index (χ3n) is 3.76. The average Bonchev–Trinajstić information content (AvgIpc) is 2.45. The second-order valence-corrected chi connectivity index (χ2v) is 6.29. The highest BCUT2D eigenvalue weighted by atomic mass is 16.5. The van der Waals surface area contributed by atoms with Crippen molar-refractivity contribution in [3.05, 3.63) is 35.4 Å². The monoisotopic (exact) mass is 276 g/mol. The Kier molecular flexibility index (Phi) is 4.45. The highest BCUT2D eigenvalue weighted by Crippen LogP contribution is 2.23. The van der Waals surface area contributed by atoms with Crippen molar-refractivity contribution in [2.75, 3.05) is 26.3 Å². The van der Waals surface area contributed by atoms with E-state index in [9.17, 15) is 4.79 Å². The van der Waals surface area contributed by atoms with E-state index in [-0.39, 0.29) is 17.4 Å². The Hall–Kier alpha value is -1.39. The fraction of sp³-hybridized carbons (Fsp3) is 0.562. The van der Waals surface area contributed by atoms with Crippen molar-refractivity contribution in [3.63, 3.8) is 0 Å². The van der Waals surface area contributed by atoms with E-state index in [1.807, 2.05) is 29.2 Å². The van der Waals surface area contributed by atoms with E-state index in [4.69, 9.17) is 10.5 Å². The fourth-order valence-electron chi connectivity index (χ4n) is 2.40. The van der Waals surface area contributed by atoms with Crippen molar-refractivity contribution >= 4 is 5.91 Å². The minimum Gasteiger partial charge on any atom is -0.377 e. The third-order valence-corrected chi connectivity index (χ3v) is 3.76. The molecular formula is C16H24N2O2. The smallest absolute Gasteiger partial charge is 0.254 e.